The molecule has 122 valence electrons. The zero-order chi connectivity index (χ0) is 16.8. The third-order valence-corrected chi connectivity index (χ3v) is 4.64. The SMILES string of the molecule is O=C1CCCC2=C1[C@@H](c1cc([N+](=O)[O-])ccc1Cl)n1ncnc1N2. The number of Topliss-reactive ketones (excluding diaryl/α,β-unsaturated/α-hetero) is 1. The number of halogens is 1. The Balaban J connectivity index is 1.95. The topological polar surface area (TPSA) is 103 Å². The van der Waals surface area contributed by atoms with Gasteiger partial charge < -0.3 is 5.32 Å². The molecule has 1 aromatic heterocycles. The van der Waals surface area contributed by atoms with E-state index in [4.69, 9.17) is 11.6 Å². The minimum absolute atomic E-state index is 0.00234. The van der Waals surface area contributed by atoms with Gasteiger partial charge in [0, 0.05) is 40.4 Å². The Bertz CT molecular complexity index is 904. The van der Waals surface area contributed by atoms with Crippen LogP contribution in [-0.2, 0) is 4.79 Å². The Morgan fingerprint density at radius 1 is 1.38 bits per heavy atom. The molecule has 0 saturated heterocycles. The predicted molar refractivity (Wildman–Crippen MR) is 85.8 cm³/mol. The number of nitrogens with one attached hydrogen (secondary N) is 1. The zero-order valence-electron chi connectivity index (χ0n) is 12.4. The highest BCUT2D eigenvalue weighted by Crippen LogP contribution is 2.42. The van der Waals surface area contributed by atoms with Crippen molar-refractivity contribution in [1.82, 2.24) is 14.8 Å². The molecule has 1 N–H and O–H groups in total. The predicted octanol–water partition coefficient (Wildman–Crippen LogP) is 2.86. The molecule has 2 aliphatic rings. The maximum absolute atomic E-state index is 12.5. The standard InChI is InChI=1S/C15H12ClN5O3/c16-10-5-4-8(21(23)24)6-9(10)14-13-11(2-1-3-12(13)22)19-15-17-7-18-20(14)15/h4-7,14H,1-3H2,(H,17,18,19)/t14-/m1/s1. The second-order valence-electron chi connectivity index (χ2n) is 5.69. The largest absolute Gasteiger partial charge is 0.328 e. The molecular formula is C15H12ClN5O3. The highest BCUT2D eigenvalue weighted by Gasteiger charge is 2.37. The number of nitro groups is 1. The molecule has 24 heavy (non-hydrogen) atoms. The lowest BCUT2D eigenvalue weighted by molar-refractivity contribution is -0.384. The molecule has 0 saturated carbocycles. The number of fused-ring (bicyclic) bond motifs is 1. The lowest BCUT2D eigenvalue weighted by Crippen LogP contribution is -2.31. The number of hydrogen-bond donors (Lipinski definition) is 1. The number of aromatic nitrogens is 3. The van der Waals surface area contributed by atoms with Crippen LogP contribution < -0.4 is 5.32 Å². The van der Waals surface area contributed by atoms with Crippen LogP contribution in [0.5, 0.6) is 0 Å². The molecule has 1 aliphatic heterocycles. The molecule has 0 bridgehead atoms. The average Bonchev–Trinajstić information content (AvgIpc) is 3.01. The number of ketones is 1. The third-order valence-electron chi connectivity index (χ3n) is 4.29. The van der Waals surface area contributed by atoms with Gasteiger partial charge in [0.05, 0.1) is 4.92 Å². The molecular weight excluding hydrogens is 334 g/mol. The minimum atomic E-state index is -0.612. The molecule has 0 fully saturated rings. The summed E-state index contributed by atoms with van der Waals surface area (Å²) in [4.78, 5) is 27.3. The Morgan fingerprint density at radius 2 is 2.21 bits per heavy atom. The fourth-order valence-electron chi connectivity index (χ4n) is 3.24. The molecule has 9 heteroatoms. The average molecular weight is 346 g/mol. The van der Waals surface area contributed by atoms with E-state index >= 15 is 0 Å². The van der Waals surface area contributed by atoms with E-state index in [-0.39, 0.29) is 11.5 Å². The lowest BCUT2D eigenvalue weighted by Gasteiger charge is -2.32. The summed E-state index contributed by atoms with van der Waals surface area (Å²) in [6.45, 7) is 0. The smallest absolute Gasteiger partial charge is 0.269 e. The second kappa shape index (κ2) is 5.41. The summed E-state index contributed by atoms with van der Waals surface area (Å²) < 4.78 is 1.55. The van der Waals surface area contributed by atoms with E-state index in [0.717, 1.165) is 18.5 Å². The minimum Gasteiger partial charge on any atom is -0.328 e. The molecule has 0 radical (unpaired) electrons. The number of nitrogens with zero attached hydrogens (tertiary/aromatic N) is 4. The molecule has 2 aromatic rings. The van der Waals surface area contributed by atoms with E-state index in [1.165, 1.54) is 24.5 Å². The van der Waals surface area contributed by atoms with Crippen LogP contribution in [0, 0.1) is 10.1 Å². The maximum atomic E-state index is 12.5. The van der Waals surface area contributed by atoms with Crippen LogP contribution >= 0.6 is 11.6 Å². The first-order chi connectivity index (χ1) is 11.6. The van der Waals surface area contributed by atoms with E-state index in [2.05, 4.69) is 15.4 Å². The fourth-order valence-corrected chi connectivity index (χ4v) is 3.46. The van der Waals surface area contributed by atoms with Crippen LogP contribution in [0.2, 0.25) is 5.02 Å². The van der Waals surface area contributed by atoms with Gasteiger partial charge in [0.25, 0.3) is 5.69 Å². The van der Waals surface area contributed by atoms with Crippen molar-refractivity contribution in [2.24, 2.45) is 0 Å². The summed E-state index contributed by atoms with van der Waals surface area (Å²) in [7, 11) is 0. The van der Waals surface area contributed by atoms with Gasteiger partial charge in [-0.3, -0.25) is 14.9 Å². The van der Waals surface area contributed by atoms with Gasteiger partial charge >= 0.3 is 0 Å². The summed E-state index contributed by atoms with van der Waals surface area (Å²) >= 11 is 6.31. The number of nitro benzene ring substituents is 1. The Morgan fingerprint density at radius 3 is 3.00 bits per heavy atom. The van der Waals surface area contributed by atoms with Crippen molar-refractivity contribution in [1.29, 1.82) is 0 Å². The first-order valence-corrected chi connectivity index (χ1v) is 7.80. The van der Waals surface area contributed by atoms with Gasteiger partial charge in [-0.2, -0.15) is 10.1 Å². The molecule has 1 atom stereocenters. The fraction of sp³-hybridized carbons (Fsp3) is 0.267. The van der Waals surface area contributed by atoms with Crippen LogP contribution in [0.3, 0.4) is 0 Å². The van der Waals surface area contributed by atoms with E-state index in [1.807, 2.05) is 0 Å². The molecule has 0 amide bonds. The highest BCUT2D eigenvalue weighted by molar-refractivity contribution is 6.31. The number of rotatable bonds is 2. The van der Waals surface area contributed by atoms with Gasteiger partial charge in [-0.25, -0.2) is 4.68 Å². The van der Waals surface area contributed by atoms with Gasteiger partial charge in [0.2, 0.25) is 5.95 Å². The summed E-state index contributed by atoms with van der Waals surface area (Å²) in [5.41, 5.74) is 1.74. The number of benzene rings is 1. The van der Waals surface area contributed by atoms with Crippen LogP contribution in [0.15, 0.2) is 35.8 Å². The van der Waals surface area contributed by atoms with E-state index in [1.54, 1.807) is 4.68 Å². The second-order valence-corrected chi connectivity index (χ2v) is 6.09. The monoisotopic (exact) mass is 345 g/mol. The number of carbonyl (C=O) groups excluding carboxylic acids is 1. The van der Waals surface area contributed by atoms with E-state index in [9.17, 15) is 14.9 Å². The quantitative estimate of drug-likeness (QED) is 0.663. The van der Waals surface area contributed by atoms with Gasteiger partial charge in [0.1, 0.15) is 12.4 Å². The summed E-state index contributed by atoms with van der Waals surface area (Å²) in [6.07, 6.45) is 3.29. The van der Waals surface area contributed by atoms with Crippen molar-refractivity contribution < 1.29 is 9.72 Å². The van der Waals surface area contributed by atoms with Crippen LogP contribution in [0.4, 0.5) is 11.6 Å². The van der Waals surface area contributed by atoms with Crippen molar-refractivity contribution in [2.45, 2.75) is 25.3 Å². The lowest BCUT2D eigenvalue weighted by atomic mass is 9.85. The van der Waals surface area contributed by atoms with Crippen molar-refractivity contribution in [3.63, 3.8) is 0 Å². The Kier molecular flexibility index (Phi) is 3.34. The van der Waals surface area contributed by atoms with Gasteiger partial charge in [-0.15, -0.1) is 0 Å². The first kappa shape index (κ1) is 14.8. The van der Waals surface area contributed by atoms with Crippen molar-refractivity contribution in [3.8, 4) is 0 Å². The van der Waals surface area contributed by atoms with Gasteiger partial charge in [0.15, 0.2) is 5.78 Å². The van der Waals surface area contributed by atoms with Gasteiger partial charge in [-0.1, -0.05) is 11.6 Å². The summed E-state index contributed by atoms with van der Waals surface area (Å²) in [6, 6.07) is 3.60. The molecule has 1 aromatic carbocycles. The van der Waals surface area contributed by atoms with Crippen LogP contribution in [-0.4, -0.2) is 25.5 Å². The van der Waals surface area contributed by atoms with Gasteiger partial charge in [-0.05, 0) is 18.9 Å². The number of allylic oxidation sites excluding steroid dienone is 2. The van der Waals surface area contributed by atoms with Crippen LogP contribution in [0.1, 0.15) is 30.9 Å². The van der Waals surface area contributed by atoms with Crippen molar-refractivity contribution in [2.75, 3.05) is 5.32 Å². The summed E-state index contributed by atoms with van der Waals surface area (Å²) in [5, 5.41) is 18.8. The van der Waals surface area contributed by atoms with E-state index < -0.39 is 11.0 Å². The highest BCUT2D eigenvalue weighted by atomic mass is 35.5. The van der Waals surface area contributed by atoms with E-state index in [0.29, 0.717) is 28.5 Å². The normalized spacial score (nSPS) is 19.5. The van der Waals surface area contributed by atoms with Crippen LogP contribution in [0.25, 0.3) is 0 Å². The molecule has 0 spiro atoms. The van der Waals surface area contributed by atoms with Crippen molar-refractivity contribution >= 4 is 29.0 Å². The Labute approximate surface area is 141 Å². The van der Waals surface area contributed by atoms with Crippen molar-refractivity contribution in [3.05, 3.63) is 56.5 Å². The number of anilines is 1. The number of non-ortho nitro benzene ring substituents is 1. The molecule has 0 unspecified atom stereocenters. The third kappa shape index (κ3) is 2.18. The summed E-state index contributed by atoms with van der Waals surface area (Å²) in [5.74, 6) is 0.494. The molecule has 1 aliphatic carbocycles. The number of hydrogen-bond acceptors (Lipinski definition) is 6. The zero-order valence-corrected chi connectivity index (χ0v) is 13.2. The number of carbonyl (C=O) groups is 1. The first-order valence-electron chi connectivity index (χ1n) is 7.43. The molecule has 8 nitrogen and oxygen atoms in total. The Hall–Kier alpha value is -2.74. The molecule has 4 rings (SSSR count). The molecule has 2 heterocycles. The maximum Gasteiger partial charge on any atom is 0.269 e.